The first-order chi connectivity index (χ1) is 9.12. The maximum absolute atomic E-state index is 12.6. The first-order valence-corrected chi connectivity index (χ1v) is 6.84. The molecule has 2 saturated heterocycles. The normalized spacial score (nSPS) is 25.9. The van der Waals surface area contributed by atoms with E-state index in [-0.39, 0.29) is 24.2 Å². The van der Waals surface area contributed by atoms with Gasteiger partial charge in [-0.05, 0) is 37.6 Å². The number of nitrogens with one attached hydrogen (secondary N) is 1. The zero-order chi connectivity index (χ0) is 13.5. The Morgan fingerprint density at radius 3 is 2.75 bits per heavy atom. The van der Waals surface area contributed by atoms with Gasteiger partial charge in [-0.25, -0.2) is 4.90 Å². The van der Waals surface area contributed by atoms with E-state index in [2.05, 4.69) is 5.32 Å². The van der Waals surface area contributed by atoms with Gasteiger partial charge in [0.05, 0.1) is 11.1 Å². The molecule has 4 nitrogen and oxygen atoms in total. The molecule has 2 fully saturated rings. The summed E-state index contributed by atoms with van der Waals surface area (Å²) in [6, 6.07) is 6.89. The Morgan fingerprint density at radius 2 is 2.10 bits per heavy atom. The molecule has 2 heterocycles. The summed E-state index contributed by atoms with van der Waals surface area (Å²) in [7, 11) is 0. The second kappa shape index (κ2) is 5.72. The molecule has 20 heavy (non-hydrogen) atoms. The van der Waals surface area contributed by atoms with Crippen molar-refractivity contribution in [1.29, 1.82) is 0 Å². The maximum Gasteiger partial charge on any atom is 0.241 e. The minimum Gasteiger partial charge on any atom is -0.316 e. The van der Waals surface area contributed by atoms with Crippen molar-refractivity contribution in [3.63, 3.8) is 0 Å². The van der Waals surface area contributed by atoms with Crippen LogP contribution < -0.4 is 10.2 Å². The number of imide groups is 1. The average molecular weight is 315 g/mol. The molecule has 1 atom stereocenters. The molecule has 2 aliphatic rings. The number of hydrogen-bond acceptors (Lipinski definition) is 3. The molecule has 108 valence electrons. The Kier molecular flexibility index (Phi) is 4.37. The summed E-state index contributed by atoms with van der Waals surface area (Å²) in [5.41, 5.74) is 0.0300. The van der Waals surface area contributed by atoms with Gasteiger partial charge >= 0.3 is 0 Å². The van der Waals surface area contributed by atoms with Crippen LogP contribution >= 0.6 is 24.0 Å². The van der Waals surface area contributed by atoms with Gasteiger partial charge in [0.2, 0.25) is 11.8 Å². The fraction of sp³-hybridized carbons (Fsp3) is 0.429. The number of nitrogens with zero attached hydrogens (tertiary/aromatic N) is 1. The molecule has 1 aromatic carbocycles. The highest BCUT2D eigenvalue weighted by Gasteiger charge is 2.52. The Labute approximate surface area is 128 Å². The minimum atomic E-state index is -0.544. The maximum atomic E-state index is 12.6. The lowest BCUT2D eigenvalue weighted by Crippen LogP contribution is -2.45. The zero-order valence-corrected chi connectivity index (χ0v) is 12.5. The largest absolute Gasteiger partial charge is 0.316 e. The van der Waals surface area contributed by atoms with E-state index < -0.39 is 5.41 Å². The molecular formula is C14H16Cl2N2O2. The molecule has 1 unspecified atom stereocenters. The van der Waals surface area contributed by atoms with Gasteiger partial charge in [-0.3, -0.25) is 9.59 Å². The summed E-state index contributed by atoms with van der Waals surface area (Å²) in [5.74, 6) is -0.220. The molecule has 0 saturated carbocycles. The zero-order valence-electron chi connectivity index (χ0n) is 10.9. The second-order valence-corrected chi connectivity index (χ2v) is 5.69. The number of piperidine rings is 1. The van der Waals surface area contributed by atoms with Crippen LogP contribution in [-0.4, -0.2) is 24.9 Å². The predicted octanol–water partition coefficient (Wildman–Crippen LogP) is 2.39. The molecular weight excluding hydrogens is 299 g/mol. The van der Waals surface area contributed by atoms with Crippen molar-refractivity contribution in [1.82, 2.24) is 5.32 Å². The molecule has 3 rings (SSSR count). The first-order valence-electron chi connectivity index (χ1n) is 6.46. The molecule has 1 N–H and O–H groups in total. The SMILES string of the molecule is Cl.O=C1CC2(CCCNC2)C(=O)N1c1cccc(Cl)c1. The molecule has 0 aromatic heterocycles. The van der Waals surface area contributed by atoms with Crippen LogP contribution in [0.15, 0.2) is 24.3 Å². The van der Waals surface area contributed by atoms with Crippen molar-refractivity contribution in [2.45, 2.75) is 19.3 Å². The van der Waals surface area contributed by atoms with E-state index in [1.54, 1.807) is 24.3 Å². The van der Waals surface area contributed by atoms with Gasteiger partial charge in [-0.1, -0.05) is 17.7 Å². The highest BCUT2D eigenvalue weighted by atomic mass is 35.5. The Morgan fingerprint density at radius 1 is 1.30 bits per heavy atom. The smallest absolute Gasteiger partial charge is 0.241 e. The van der Waals surface area contributed by atoms with E-state index in [9.17, 15) is 9.59 Å². The number of anilines is 1. The lowest BCUT2D eigenvalue weighted by Gasteiger charge is -2.31. The number of carbonyl (C=O) groups excluding carboxylic acids is 2. The van der Waals surface area contributed by atoms with Crippen molar-refractivity contribution in [3.05, 3.63) is 29.3 Å². The summed E-state index contributed by atoms with van der Waals surface area (Å²) < 4.78 is 0. The van der Waals surface area contributed by atoms with Crippen LogP contribution in [0.3, 0.4) is 0 Å². The molecule has 0 bridgehead atoms. The first kappa shape index (κ1) is 15.3. The van der Waals surface area contributed by atoms with Crippen molar-refractivity contribution in [3.8, 4) is 0 Å². The van der Waals surface area contributed by atoms with Crippen molar-refractivity contribution < 1.29 is 9.59 Å². The van der Waals surface area contributed by atoms with Crippen LogP contribution in [0.4, 0.5) is 5.69 Å². The third kappa shape index (κ3) is 2.43. The van der Waals surface area contributed by atoms with E-state index >= 15 is 0 Å². The van der Waals surface area contributed by atoms with E-state index in [1.165, 1.54) is 4.90 Å². The van der Waals surface area contributed by atoms with Crippen molar-refractivity contribution in [2.75, 3.05) is 18.0 Å². The van der Waals surface area contributed by atoms with Crippen LogP contribution in [0.25, 0.3) is 0 Å². The minimum absolute atomic E-state index is 0. The topological polar surface area (TPSA) is 49.4 Å². The molecule has 0 radical (unpaired) electrons. The Balaban J connectivity index is 0.00000147. The van der Waals surface area contributed by atoms with Gasteiger partial charge in [0.15, 0.2) is 0 Å². The van der Waals surface area contributed by atoms with E-state index in [4.69, 9.17) is 11.6 Å². The lowest BCUT2D eigenvalue weighted by molar-refractivity contribution is -0.126. The second-order valence-electron chi connectivity index (χ2n) is 5.25. The highest BCUT2D eigenvalue weighted by Crippen LogP contribution is 2.40. The lowest BCUT2D eigenvalue weighted by atomic mass is 9.79. The number of halogens is 2. The van der Waals surface area contributed by atoms with Gasteiger partial charge in [0, 0.05) is 18.0 Å². The molecule has 6 heteroatoms. The Hall–Kier alpha value is -1.10. The molecule has 1 spiro atoms. The number of benzene rings is 1. The standard InChI is InChI=1S/C14H15ClN2O2.ClH/c15-10-3-1-4-11(7-10)17-12(18)8-14(13(17)19)5-2-6-16-9-14;/h1,3-4,7,16H,2,5-6,8-9H2;1H. The van der Waals surface area contributed by atoms with Gasteiger partial charge < -0.3 is 5.32 Å². The molecule has 1 aromatic rings. The summed E-state index contributed by atoms with van der Waals surface area (Å²) >= 11 is 5.93. The number of rotatable bonds is 1. The van der Waals surface area contributed by atoms with Gasteiger partial charge in [-0.15, -0.1) is 12.4 Å². The Bertz CT molecular complexity index is 542. The van der Waals surface area contributed by atoms with E-state index in [0.717, 1.165) is 19.4 Å². The fourth-order valence-corrected chi connectivity index (χ4v) is 3.16. The molecule has 0 aliphatic carbocycles. The van der Waals surface area contributed by atoms with Gasteiger partial charge in [0.25, 0.3) is 0 Å². The monoisotopic (exact) mass is 314 g/mol. The number of hydrogen-bond donors (Lipinski definition) is 1. The number of carbonyl (C=O) groups is 2. The van der Waals surface area contributed by atoms with E-state index in [1.807, 2.05) is 0 Å². The van der Waals surface area contributed by atoms with Crippen molar-refractivity contribution >= 4 is 41.5 Å². The van der Waals surface area contributed by atoms with Crippen molar-refractivity contribution in [2.24, 2.45) is 5.41 Å². The van der Waals surface area contributed by atoms with Crippen LogP contribution in [0, 0.1) is 5.41 Å². The summed E-state index contributed by atoms with van der Waals surface area (Å²) in [5, 5.41) is 3.75. The fourth-order valence-electron chi connectivity index (χ4n) is 2.97. The quantitative estimate of drug-likeness (QED) is 0.810. The third-order valence-corrected chi connectivity index (χ3v) is 4.17. The highest BCUT2D eigenvalue weighted by molar-refractivity contribution is 6.31. The molecule has 2 aliphatic heterocycles. The van der Waals surface area contributed by atoms with Crippen LogP contribution in [0.2, 0.25) is 5.02 Å². The number of amides is 2. The average Bonchev–Trinajstić information content (AvgIpc) is 2.62. The summed E-state index contributed by atoms with van der Waals surface area (Å²) in [4.78, 5) is 26.1. The van der Waals surface area contributed by atoms with Crippen LogP contribution in [0.5, 0.6) is 0 Å². The third-order valence-electron chi connectivity index (χ3n) is 3.93. The molecule has 2 amide bonds. The summed E-state index contributed by atoms with van der Waals surface area (Å²) in [6.07, 6.45) is 2.01. The van der Waals surface area contributed by atoms with E-state index in [0.29, 0.717) is 23.7 Å². The summed E-state index contributed by atoms with van der Waals surface area (Å²) in [6.45, 7) is 1.51. The predicted molar refractivity (Wildman–Crippen MR) is 80.3 cm³/mol. The van der Waals surface area contributed by atoms with Gasteiger partial charge in [-0.2, -0.15) is 0 Å². The van der Waals surface area contributed by atoms with Crippen LogP contribution in [-0.2, 0) is 9.59 Å². The van der Waals surface area contributed by atoms with Gasteiger partial charge in [0.1, 0.15) is 0 Å². The van der Waals surface area contributed by atoms with Crippen LogP contribution in [0.1, 0.15) is 19.3 Å².